The van der Waals surface area contributed by atoms with Gasteiger partial charge in [-0.25, -0.2) is 0 Å². The summed E-state index contributed by atoms with van der Waals surface area (Å²) in [5, 5.41) is 5.03. The molecule has 114 valence electrons. The Hall–Kier alpha value is -1.32. The molecular formula is C18H27N3. The SMILES string of the molecule is CCN(Cc1cn(CC)c2ccccc12)CC1CCCN1. The molecule has 0 aliphatic carbocycles. The minimum absolute atomic E-state index is 0.685. The number of benzene rings is 1. The van der Waals surface area contributed by atoms with Gasteiger partial charge in [0.15, 0.2) is 0 Å². The summed E-state index contributed by atoms with van der Waals surface area (Å²) in [5.74, 6) is 0. The van der Waals surface area contributed by atoms with Crippen LogP contribution >= 0.6 is 0 Å². The van der Waals surface area contributed by atoms with Gasteiger partial charge in [-0.05, 0) is 44.5 Å². The molecule has 1 fully saturated rings. The van der Waals surface area contributed by atoms with Crippen molar-refractivity contribution in [2.45, 2.75) is 45.8 Å². The molecule has 0 bridgehead atoms. The highest BCUT2D eigenvalue weighted by molar-refractivity contribution is 5.83. The largest absolute Gasteiger partial charge is 0.347 e. The topological polar surface area (TPSA) is 20.2 Å². The zero-order valence-electron chi connectivity index (χ0n) is 13.3. The minimum Gasteiger partial charge on any atom is -0.347 e. The Morgan fingerprint density at radius 1 is 1.29 bits per heavy atom. The lowest BCUT2D eigenvalue weighted by molar-refractivity contribution is 0.254. The van der Waals surface area contributed by atoms with Gasteiger partial charge >= 0.3 is 0 Å². The second-order valence-corrected chi connectivity index (χ2v) is 6.08. The summed E-state index contributed by atoms with van der Waals surface area (Å²) < 4.78 is 2.37. The summed E-state index contributed by atoms with van der Waals surface area (Å²) in [6.07, 6.45) is 5.00. The number of likely N-dealkylation sites (N-methyl/N-ethyl adjacent to an activating group) is 1. The Morgan fingerprint density at radius 2 is 2.14 bits per heavy atom. The third-order valence-corrected chi connectivity index (χ3v) is 4.69. The summed E-state index contributed by atoms with van der Waals surface area (Å²) in [5.41, 5.74) is 2.83. The van der Waals surface area contributed by atoms with Crippen molar-refractivity contribution < 1.29 is 0 Å². The number of para-hydroxylation sites is 1. The first kappa shape index (κ1) is 14.6. The van der Waals surface area contributed by atoms with E-state index >= 15 is 0 Å². The molecular weight excluding hydrogens is 258 g/mol. The predicted octanol–water partition coefficient (Wildman–Crippen LogP) is 3.24. The molecule has 3 rings (SSSR count). The van der Waals surface area contributed by atoms with Crippen molar-refractivity contribution in [3.63, 3.8) is 0 Å². The average molecular weight is 285 g/mol. The van der Waals surface area contributed by atoms with Crippen LogP contribution in [0.15, 0.2) is 30.5 Å². The smallest absolute Gasteiger partial charge is 0.0483 e. The zero-order chi connectivity index (χ0) is 14.7. The zero-order valence-corrected chi connectivity index (χ0v) is 13.3. The van der Waals surface area contributed by atoms with E-state index < -0.39 is 0 Å². The Labute approximate surface area is 127 Å². The second-order valence-electron chi connectivity index (χ2n) is 6.08. The Morgan fingerprint density at radius 3 is 2.86 bits per heavy atom. The van der Waals surface area contributed by atoms with Crippen LogP contribution in [0, 0.1) is 0 Å². The lowest BCUT2D eigenvalue weighted by Gasteiger charge is -2.24. The summed E-state index contributed by atoms with van der Waals surface area (Å²) in [4.78, 5) is 2.57. The molecule has 0 amide bonds. The van der Waals surface area contributed by atoms with Crippen molar-refractivity contribution in [3.05, 3.63) is 36.0 Å². The maximum absolute atomic E-state index is 3.61. The van der Waals surface area contributed by atoms with Crippen molar-refractivity contribution in [1.29, 1.82) is 0 Å². The summed E-state index contributed by atoms with van der Waals surface area (Å²) >= 11 is 0. The van der Waals surface area contributed by atoms with Crippen LogP contribution in [0.4, 0.5) is 0 Å². The van der Waals surface area contributed by atoms with Crippen LogP contribution < -0.4 is 5.32 Å². The quantitative estimate of drug-likeness (QED) is 0.879. The first-order valence-corrected chi connectivity index (χ1v) is 8.34. The third kappa shape index (κ3) is 3.14. The van der Waals surface area contributed by atoms with Crippen molar-refractivity contribution in [2.24, 2.45) is 0 Å². The van der Waals surface area contributed by atoms with Gasteiger partial charge in [0.1, 0.15) is 0 Å². The molecule has 1 atom stereocenters. The van der Waals surface area contributed by atoms with E-state index in [-0.39, 0.29) is 0 Å². The monoisotopic (exact) mass is 285 g/mol. The molecule has 0 radical (unpaired) electrons. The molecule has 21 heavy (non-hydrogen) atoms. The van der Waals surface area contributed by atoms with E-state index in [1.165, 1.54) is 42.4 Å². The van der Waals surface area contributed by atoms with Crippen LogP contribution in [-0.4, -0.2) is 35.1 Å². The fraction of sp³-hybridized carbons (Fsp3) is 0.556. The Bertz CT molecular complexity index is 581. The van der Waals surface area contributed by atoms with Gasteiger partial charge in [-0.3, -0.25) is 4.90 Å². The molecule has 3 heteroatoms. The predicted molar refractivity (Wildman–Crippen MR) is 89.6 cm³/mol. The number of rotatable bonds is 6. The summed E-state index contributed by atoms with van der Waals surface area (Å²) in [6.45, 7) is 10.1. The molecule has 1 saturated heterocycles. The fourth-order valence-corrected chi connectivity index (χ4v) is 3.48. The van der Waals surface area contributed by atoms with Gasteiger partial charge in [0.05, 0.1) is 0 Å². The minimum atomic E-state index is 0.685. The van der Waals surface area contributed by atoms with Crippen molar-refractivity contribution in [2.75, 3.05) is 19.6 Å². The normalized spacial score (nSPS) is 18.9. The van der Waals surface area contributed by atoms with Gasteiger partial charge in [-0.1, -0.05) is 25.1 Å². The molecule has 0 spiro atoms. The van der Waals surface area contributed by atoms with E-state index in [0.717, 1.165) is 19.6 Å². The molecule has 1 aliphatic heterocycles. The van der Waals surface area contributed by atoms with Gasteiger partial charge in [-0.15, -0.1) is 0 Å². The van der Waals surface area contributed by atoms with E-state index in [2.05, 4.69) is 59.1 Å². The fourth-order valence-electron chi connectivity index (χ4n) is 3.48. The van der Waals surface area contributed by atoms with Crippen LogP contribution in [0.2, 0.25) is 0 Å². The van der Waals surface area contributed by atoms with Crippen LogP contribution in [0.1, 0.15) is 32.3 Å². The summed E-state index contributed by atoms with van der Waals surface area (Å²) in [7, 11) is 0. The van der Waals surface area contributed by atoms with E-state index in [0.29, 0.717) is 6.04 Å². The van der Waals surface area contributed by atoms with Gasteiger partial charge in [0.2, 0.25) is 0 Å². The van der Waals surface area contributed by atoms with E-state index in [9.17, 15) is 0 Å². The molecule has 1 unspecified atom stereocenters. The Kier molecular flexibility index (Phi) is 4.61. The molecule has 1 aromatic carbocycles. The lowest BCUT2D eigenvalue weighted by Crippen LogP contribution is -2.37. The van der Waals surface area contributed by atoms with Gasteiger partial charge in [-0.2, -0.15) is 0 Å². The van der Waals surface area contributed by atoms with E-state index in [1.807, 2.05) is 0 Å². The number of fused-ring (bicyclic) bond motifs is 1. The maximum Gasteiger partial charge on any atom is 0.0483 e. The third-order valence-electron chi connectivity index (χ3n) is 4.69. The van der Waals surface area contributed by atoms with Crippen LogP contribution in [0.25, 0.3) is 10.9 Å². The molecule has 1 aromatic heterocycles. The standard InChI is InChI=1S/C18H27N3/c1-3-20(14-16-8-7-11-19-16)12-15-13-21(4-2)18-10-6-5-9-17(15)18/h5-6,9-10,13,16,19H,3-4,7-8,11-12,14H2,1-2H3. The van der Waals surface area contributed by atoms with Gasteiger partial charge in [0, 0.05) is 42.8 Å². The highest BCUT2D eigenvalue weighted by atomic mass is 15.2. The van der Waals surface area contributed by atoms with E-state index in [1.54, 1.807) is 0 Å². The molecule has 0 saturated carbocycles. The van der Waals surface area contributed by atoms with Crippen molar-refractivity contribution in [3.8, 4) is 0 Å². The number of hydrogen-bond acceptors (Lipinski definition) is 2. The van der Waals surface area contributed by atoms with Crippen LogP contribution in [0.5, 0.6) is 0 Å². The lowest BCUT2D eigenvalue weighted by atomic mass is 10.1. The summed E-state index contributed by atoms with van der Waals surface area (Å²) in [6, 6.07) is 9.47. The average Bonchev–Trinajstić information content (AvgIpc) is 3.14. The van der Waals surface area contributed by atoms with Crippen LogP contribution in [-0.2, 0) is 13.1 Å². The number of aryl methyl sites for hydroxylation is 1. The van der Waals surface area contributed by atoms with Gasteiger partial charge < -0.3 is 9.88 Å². The van der Waals surface area contributed by atoms with E-state index in [4.69, 9.17) is 0 Å². The van der Waals surface area contributed by atoms with Crippen molar-refractivity contribution in [1.82, 2.24) is 14.8 Å². The molecule has 2 aromatic rings. The highest BCUT2D eigenvalue weighted by Gasteiger charge is 2.18. The first-order chi connectivity index (χ1) is 10.3. The second kappa shape index (κ2) is 6.63. The van der Waals surface area contributed by atoms with Gasteiger partial charge in [0.25, 0.3) is 0 Å². The maximum atomic E-state index is 3.61. The Balaban J connectivity index is 1.79. The number of hydrogen-bond donors (Lipinski definition) is 1. The van der Waals surface area contributed by atoms with Crippen molar-refractivity contribution >= 4 is 10.9 Å². The molecule has 1 N–H and O–H groups in total. The van der Waals surface area contributed by atoms with Crippen LogP contribution in [0.3, 0.4) is 0 Å². The molecule has 1 aliphatic rings. The molecule has 3 nitrogen and oxygen atoms in total. The highest BCUT2D eigenvalue weighted by Crippen LogP contribution is 2.23. The first-order valence-electron chi connectivity index (χ1n) is 8.34. The molecule has 2 heterocycles. The number of nitrogens with zero attached hydrogens (tertiary/aromatic N) is 2. The number of nitrogens with one attached hydrogen (secondary N) is 1. The number of aromatic nitrogens is 1.